The number of esters is 3. The summed E-state index contributed by atoms with van der Waals surface area (Å²) in [5, 5.41) is 0. The third-order valence-corrected chi connectivity index (χ3v) is 9.48. The van der Waals surface area contributed by atoms with E-state index in [2.05, 4.69) is 118 Å². The fourth-order valence-corrected chi connectivity index (χ4v) is 5.93. The van der Waals surface area contributed by atoms with Gasteiger partial charge in [0.1, 0.15) is 13.2 Å². The zero-order valence-electron chi connectivity index (χ0n) is 39.3. The maximum Gasteiger partial charge on any atom is 0.306 e. The molecule has 0 N–H and O–H groups in total. The van der Waals surface area contributed by atoms with Gasteiger partial charge >= 0.3 is 17.9 Å². The highest BCUT2D eigenvalue weighted by Gasteiger charge is 2.19. The molecule has 0 aliphatic carbocycles. The lowest BCUT2D eigenvalue weighted by atomic mass is 10.1. The summed E-state index contributed by atoms with van der Waals surface area (Å²) in [6.45, 7) is 6.15. The fraction of sp³-hybridized carbons (Fsp3) is 0.554. The third kappa shape index (κ3) is 46.6. The van der Waals surface area contributed by atoms with Crippen molar-refractivity contribution in [3.05, 3.63) is 134 Å². The number of hydrogen-bond donors (Lipinski definition) is 0. The maximum absolute atomic E-state index is 12.7. The van der Waals surface area contributed by atoms with Gasteiger partial charge in [-0.05, 0) is 109 Å². The molecule has 0 aromatic carbocycles. The van der Waals surface area contributed by atoms with Crippen molar-refractivity contribution in [2.75, 3.05) is 13.2 Å². The second kappa shape index (κ2) is 49.2. The normalized spacial score (nSPS) is 13.3. The van der Waals surface area contributed by atoms with Crippen LogP contribution in [0.2, 0.25) is 0 Å². The van der Waals surface area contributed by atoms with Crippen molar-refractivity contribution in [2.24, 2.45) is 0 Å². The fourth-order valence-electron chi connectivity index (χ4n) is 5.93. The van der Waals surface area contributed by atoms with Gasteiger partial charge < -0.3 is 14.2 Å². The van der Waals surface area contributed by atoms with Crippen molar-refractivity contribution in [1.82, 2.24) is 0 Å². The Bertz CT molecular complexity index is 1400. The molecule has 1 unspecified atom stereocenters. The summed E-state index contributed by atoms with van der Waals surface area (Å²) in [6, 6.07) is 0. The Hall–Kier alpha value is -4.45. The summed E-state index contributed by atoms with van der Waals surface area (Å²) in [4.78, 5) is 37.9. The molecule has 0 aliphatic rings. The molecule has 0 aromatic rings. The molecule has 0 aromatic heterocycles. The minimum absolute atomic E-state index is 0.119. The van der Waals surface area contributed by atoms with Crippen molar-refractivity contribution < 1.29 is 28.6 Å². The van der Waals surface area contributed by atoms with E-state index in [0.29, 0.717) is 25.7 Å². The topological polar surface area (TPSA) is 78.9 Å². The van der Waals surface area contributed by atoms with Crippen molar-refractivity contribution in [3.63, 3.8) is 0 Å². The van der Waals surface area contributed by atoms with Gasteiger partial charge in [-0.2, -0.15) is 0 Å². The molecule has 62 heavy (non-hydrogen) atoms. The molecule has 6 nitrogen and oxygen atoms in total. The van der Waals surface area contributed by atoms with Crippen molar-refractivity contribution in [1.29, 1.82) is 0 Å². The van der Waals surface area contributed by atoms with E-state index in [0.717, 1.165) is 116 Å². The highest BCUT2D eigenvalue weighted by Crippen LogP contribution is 2.12. The average molecular weight is 855 g/mol. The number of ether oxygens (including phenoxy) is 3. The molecule has 1 atom stereocenters. The average Bonchev–Trinajstić information content (AvgIpc) is 3.27. The summed E-state index contributed by atoms with van der Waals surface area (Å²) < 4.78 is 16.7. The lowest BCUT2D eigenvalue weighted by molar-refractivity contribution is -0.167. The van der Waals surface area contributed by atoms with Gasteiger partial charge in [-0.15, -0.1) is 0 Å². The summed E-state index contributed by atoms with van der Waals surface area (Å²) in [5.74, 6) is -1.03. The van der Waals surface area contributed by atoms with Crippen LogP contribution in [-0.4, -0.2) is 37.2 Å². The molecule has 0 saturated carbocycles. The number of hydrogen-bond acceptors (Lipinski definition) is 6. The predicted octanol–water partition coefficient (Wildman–Crippen LogP) is 15.9. The van der Waals surface area contributed by atoms with Gasteiger partial charge in [0, 0.05) is 19.3 Å². The molecule has 0 spiro atoms. The number of carbonyl (C=O) groups excluding carboxylic acids is 3. The van der Waals surface area contributed by atoms with E-state index in [1.54, 1.807) is 0 Å². The summed E-state index contributed by atoms with van der Waals surface area (Å²) >= 11 is 0. The second-order valence-electron chi connectivity index (χ2n) is 15.3. The van der Waals surface area contributed by atoms with E-state index >= 15 is 0 Å². The van der Waals surface area contributed by atoms with E-state index in [1.165, 1.54) is 12.8 Å². The van der Waals surface area contributed by atoms with Crippen molar-refractivity contribution in [2.45, 2.75) is 187 Å². The van der Waals surface area contributed by atoms with Crippen LogP contribution >= 0.6 is 0 Å². The highest BCUT2D eigenvalue weighted by molar-refractivity contribution is 5.71. The minimum Gasteiger partial charge on any atom is -0.462 e. The SMILES string of the molecule is CC\C=C/C=C\C=C/C=C\CCCCCC(=O)OC(COC(=O)CCCC/C=C\C/C=C\C/C=C\CC)COC(=O)CCCCCCCC/C=C\C/C=C\C/C=C\C/C=C\CC. The van der Waals surface area contributed by atoms with E-state index in [4.69, 9.17) is 14.2 Å². The highest BCUT2D eigenvalue weighted by atomic mass is 16.6. The predicted molar refractivity (Wildman–Crippen MR) is 265 cm³/mol. The van der Waals surface area contributed by atoms with Crippen LogP contribution in [-0.2, 0) is 28.6 Å². The summed E-state index contributed by atoms with van der Waals surface area (Å²) in [5.41, 5.74) is 0. The molecule has 0 radical (unpaired) electrons. The van der Waals surface area contributed by atoms with Gasteiger partial charge in [-0.25, -0.2) is 0 Å². The van der Waals surface area contributed by atoms with E-state index < -0.39 is 6.10 Å². The first kappa shape index (κ1) is 57.5. The number of unbranched alkanes of at least 4 members (excludes halogenated alkanes) is 11. The first-order chi connectivity index (χ1) is 30.5. The molecule has 0 rings (SSSR count). The van der Waals surface area contributed by atoms with Crippen LogP contribution in [0.4, 0.5) is 0 Å². The third-order valence-electron chi connectivity index (χ3n) is 9.48. The summed E-state index contributed by atoms with van der Waals surface area (Å²) in [7, 11) is 0. The van der Waals surface area contributed by atoms with Gasteiger partial charge in [-0.3, -0.25) is 14.4 Å². The first-order valence-corrected chi connectivity index (χ1v) is 24.2. The van der Waals surface area contributed by atoms with Gasteiger partial charge in [-0.1, -0.05) is 187 Å². The van der Waals surface area contributed by atoms with E-state index in [9.17, 15) is 14.4 Å². The number of carbonyl (C=O) groups is 3. The van der Waals surface area contributed by atoms with E-state index in [-0.39, 0.29) is 37.5 Å². The largest absolute Gasteiger partial charge is 0.462 e. The Morgan fingerprint density at radius 2 is 0.661 bits per heavy atom. The number of allylic oxidation sites excluding steroid dienone is 22. The smallest absolute Gasteiger partial charge is 0.306 e. The van der Waals surface area contributed by atoms with Crippen molar-refractivity contribution >= 4 is 17.9 Å². The standard InChI is InChI=1S/C56H86O6/c1-4-7-10-13-16-19-22-25-26-27-28-29-30-32-34-37-40-43-46-49-55(58)61-52-53(51-60-54(57)48-45-42-39-36-33-24-21-18-15-12-9-6-3)62-56(59)50-47-44-41-38-35-31-23-20-17-14-11-8-5-2/h7-12,14,16-21,23,25-26,28-29,31,33,35-36,53H,4-6,13,15,22,24,27,30,32,34,37-52H2,1-3H3/b10-7-,11-8-,12-9-,17-14-,19-16-,21-18-,23-20-,26-25-,29-28-,35-31-,36-33-. The number of rotatable bonds is 41. The summed E-state index contributed by atoms with van der Waals surface area (Å²) in [6.07, 6.45) is 68.7. The Balaban J connectivity index is 4.51. The Morgan fingerprint density at radius 1 is 0.339 bits per heavy atom. The van der Waals surface area contributed by atoms with Crippen LogP contribution in [0.25, 0.3) is 0 Å². The molecule has 346 valence electrons. The molecule has 0 heterocycles. The Morgan fingerprint density at radius 3 is 1.15 bits per heavy atom. The van der Waals surface area contributed by atoms with Gasteiger partial charge in [0.25, 0.3) is 0 Å². The molecule has 0 amide bonds. The molecule has 0 saturated heterocycles. The van der Waals surface area contributed by atoms with Gasteiger partial charge in [0.15, 0.2) is 6.10 Å². The first-order valence-electron chi connectivity index (χ1n) is 24.2. The van der Waals surface area contributed by atoms with Crippen LogP contribution < -0.4 is 0 Å². The lowest BCUT2D eigenvalue weighted by Gasteiger charge is -2.18. The lowest BCUT2D eigenvalue weighted by Crippen LogP contribution is -2.30. The molecular formula is C56H86O6. The zero-order chi connectivity index (χ0) is 45.1. The molecule has 0 bridgehead atoms. The molecular weight excluding hydrogens is 769 g/mol. The second-order valence-corrected chi connectivity index (χ2v) is 15.3. The van der Waals surface area contributed by atoms with Gasteiger partial charge in [0.2, 0.25) is 0 Å². The monoisotopic (exact) mass is 855 g/mol. The van der Waals surface area contributed by atoms with Crippen LogP contribution in [0.1, 0.15) is 181 Å². The van der Waals surface area contributed by atoms with Gasteiger partial charge in [0.05, 0.1) is 0 Å². The minimum atomic E-state index is -0.824. The molecule has 6 heteroatoms. The Labute approximate surface area is 379 Å². The van der Waals surface area contributed by atoms with Crippen LogP contribution in [0.3, 0.4) is 0 Å². The van der Waals surface area contributed by atoms with Crippen LogP contribution in [0, 0.1) is 0 Å². The van der Waals surface area contributed by atoms with Crippen molar-refractivity contribution in [3.8, 4) is 0 Å². The quantitative estimate of drug-likeness (QED) is 0.0200. The Kier molecular flexibility index (Phi) is 45.7. The molecule has 0 aliphatic heterocycles. The van der Waals surface area contributed by atoms with E-state index in [1.807, 2.05) is 36.5 Å². The zero-order valence-corrected chi connectivity index (χ0v) is 39.3. The molecule has 0 fully saturated rings. The maximum atomic E-state index is 12.7. The van der Waals surface area contributed by atoms with Crippen LogP contribution in [0.5, 0.6) is 0 Å². The van der Waals surface area contributed by atoms with Crippen LogP contribution in [0.15, 0.2) is 134 Å².